The smallest absolute Gasteiger partial charge is 0.336 e. The number of esters is 2. The molecule has 0 unspecified atom stereocenters. The second-order valence-electron chi connectivity index (χ2n) is 3.86. The van der Waals surface area contributed by atoms with Crippen LogP contribution in [0.25, 0.3) is 0 Å². The molecule has 0 saturated carbocycles. The molecule has 0 saturated heterocycles. The van der Waals surface area contributed by atoms with Gasteiger partial charge in [0.25, 0.3) is 0 Å². The maximum absolute atomic E-state index is 11.7. The molecule has 18 heavy (non-hydrogen) atoms. The van der Waals surface area contributed by atoms with Crippen LogP contribution in [0.5, 0.6) is 0 Å². The Morgan fingerprint density at radius 1 is 1.00 bits per heavy atom. The first-order valence-corrected chi connectivity index (χ1v) is 5.96. The molecule has 0 aromatic carbocycles. The van der Waals surface area contributed by atoms with Crippen LogP contribution >= 0.6 is 0 Å². The third-order valence-corrected chi connectivity index (χ3v) is 2.61. The summed E-state index contributed by atoms with van der Waals surface area (Å²) in [6.45, 7) is 7.54. The lowest BCUT2D eigenvalue weighted by Gasteiger charge is -2.20. The predicted octanol–water partition coefficient (Wildman–Crippen LogP) is 1.67. The van der Waals surface area contributed by atoms with Gasteiger partial charge in [-0.2, -0.15) is 0 Å². The van der Waals surface area contributed by atoms with Gasteiger partial charge in [0.05, 0.1) is 24.4 Å². The van der Waals surface area contributed by atoms with Crippen LogP contribution in [0, 0.1) is 0 Å². The maximum atomic E-state index is 11.7. The molecule has 0 fully saturated rings. The van der Waals surface area contributed by atoms with Gasteiger partial charge in [0.15, 0.2) is 0 Å². The lowest BCUT2D eigenvalue weighted by molar-refractivity contribution is -0.139. The lowest BCUT2D eigenvalue weighted by atomic mass is 9.98. The van der Waals surface area contributed by atoms with Gasteiger partial charge < -0.3 is 9.47 Å². The van der Waals surface area contributed by atoms with Gasteiger partial charge in [-0.25, -0.2) is 9.59 Å². The Kier molecular flexibility index (Phi) is 4.95. The molecule has 1 heterocycles. The van der Waals surface area contributed by atoms with Crippen LogP contribution in [0.3, 0.4) is 0 Å². The Labute approximate surface area is 107 Å². The van der Waals surface area contributed by atoms with Crippen LogP contribution in [-0.4, -0.2) is 25.2 Å². The first kappa shape index (κ1) is 14.3. The number of carbonyl (C=O) groups is 2. The fraction of sp³-hybridized carbons (Fsp3) is 0.538. The van der Waals surface area contributed by atoms with Crippen molar-refractivity contribution in [1.82, 2.24) is 5.32 Å². The van der Waals surface area contributed by atoms with Gasteiger partial charge >= 0.3 is 11.9 Å². The molecule has 1 rings (SSSR count). The van der Waals surface area contributed by atoms with Crippen LogP contribution in [0.2, 0.25) is 0 Å². The molecule has 5 nitrogen and oxygen atoms in total. The molecule has 0 atom stereocenters. The summed E-state index contributed by atoms with van der Waals surface area (Å²) in [7, 11) is 0. The number of rotatable bonds is 4. The molecule has 99 valence electrons. The predicted molar refractivity (Wildman–Crippen MR) is 65.4 cm³/mol. The van der Waals surface area contributed by atoms with Crippen molar-refractivity contribution >= 4 is 11.9 Å². The molecule has 0 spiro atoms. The quantitative estimate of drug-likeness (QED) is 0.714. The molecule has 1 aliphatic rings. The van der Waals surface area contributed by atoms with Crippen LogP contribution < -0.4 is 5.32 Å². The number of hydrogen-bond donors (Lipinski definition) is 0. The van der Waals surface area contributed by atoms with E-state index in [-0.39, 0.29) is 6.42 Å². The van der Waals surface area contributed by atoms with E-state index < -0.39 is 11.9 Å². The van der Waals surface area contributed by atoms with E-state index >= 15 is 0 Å². The molecular weight excluding hydrogens is 234 g/mol. The highest BCUT2D eigenvalue weighted by molar-refractivity contribution is 5.96. The Bertz CT molecular complexity index is 383. The minimum atomic E-state index is -0.423. The number of nitrogens with zero attached hydrogens (tertiary/aromatic N) is 1. The van der Waals surface area contributed by atoms with Gasteiger partial charge in [-0.1, -0.05) is 0 Å². The van der Waals surface area contributed by atoms with Crippen LogP contribution in [0.4, 0.5) is 0 Å². The van der Waals surface area contributed by atoms with Crippen molar-refractivity contribution in [3.8, 4) is 0 Å². The first-order valence-electron chi connectivity index (χ1n) is 5.96. The second-order valence-corrected chi connectivity index (χ2v) is 3.86. The minimum absolute atomic E-state index is 0.221. The molecule has 0 aromatic rings. The number of hydrogen-bond acceptors (Lipinski definition) is 4. The largest absolute Gasteiger partial charge is 0.463 e. The average molecular weight is 252 g/mol. The number of allylic oxidation sites excluding steroid dienone is 2. The van der Waals surface area contributed by atoms with Crippen molar-refractivity contribution in [2.24, 2.45) is 0 Å². The molecule has 1 radical (unpaired) electrons. The fourth-order valence-corrected chi connectivity index (χ4v) is 1.70. The summed E-state index contributed by atoms with van der Waals surface area (Å²) in [5.41, 5.74) is 2.04. The molecular formula is C13H18NO4. The summed E-state index contributed by atoms with van der Waals surface area (Å²) in [5, 5.41) is 4.21. The van der Waals surface area contributed by atoms with Crippen molar-refractivity contribution in [2.45, 2.75) is 34.1 Å². The Morgan fingerprint density at radius 3 is 1.72 bits per heavy atom. The molecule has 0 aliphatic carbocycles. The van der Waals surface area contributed by atoms with E-state index in [1.54, 1.807) is 27.7 Å². The van der Waals surface area contributed by atoms with E-state index in [0.29, 0.717) is 35.8 Å². The fourth-order valence-electron chi connectivity index (χ4n) is 1.70. The summed E-state index contributed by atoms with van der Waals surface area (Å²) in [4.78, 5) is 23.5. The van der Waals surface area contributed by atoms with Gasteiger partial charge in [0.1, 0.15) is 0 Å². The zero-order valence-corrected chi connectivity index (χ0v) is 11.2. The van der Waals surface area contributed by atoms with Gasteiger partial charge in [-0.15, -0.1) is 0 Å². The summed E-state index contributed by atoms with van der Waals surface area (Å²) in [6.07, 6.45) is 0.221. The first-order chi connectivity index (χ1) is 8.51. The van der Waals surface area contributed by atoms with Gasteiger partial charge in [0.2, 0.25) is 0 Å². The topological polar surface area (TPSA) is 66.7 Å². The SMILES string of the molecule is CCOC(=O)C1=C(C)[N]C(C)=C(C(=O)OCC)C1. The van der Waals surface area contributed by atoms with Crippen molar-refractivity contribution < 1.29 is 19.1 Å². The van der Waals surface area contributed by atoms with E-state index in [9.17, 15) is 9.59 Å². The van der Waals surface area contributed by atoms with E-state index in [1.165, 1.54) is 0 Å². The van der Waals surface area contributed by atoms with Gasteiger partial charge in [-0.3, -0.25) is 5.32 Å². The molecule has 0 amide bonds. The molecule has 5 heteroatoms. The third kappa shape index (κ3) is 3.12. The van der Waals surface area contributed by atoms with Crippen LogP contribution in [0.15, 0.2) is 22.5 Å². The van der Waals surface area contributed by atoms with Crippen LogP contribution in [-0.2, 0) is 19.1 Å². The lowest BCUT2D eigenvalue weighted by Crippen LogP contribution is -2.23. The summed E-state index contributed by atoms with van der Waals surface area (Å²) >= 11 is 0. The van der Waals surface area contributed by atoms with E-state index in [2.05, 4.69) is 5.32 Å². The summed E-state index contributed by atoms with van der Waals surface area (Å²) in [5.74, 6) is -0.846. The second kappa shape index (κ2) is 6.23. The number of carbonyl (C=O) groups excluding carboxylic acids is 2. The van der Waals surface area contributed by atoms with Crippen molar-refractivity contribution in [3.05, 3.63) is 22.5 Å². The van der Waals surface area contributed by atoms with Crippen LogP contribution in [0.1, 0.15) is 34.1 Å². The highest BCUT2D eigenvalue weighted by atomic mass is 16.5. The van der Waals surface area contributed by atoms with Gasteiger partial charge in [-0.05, 0) is 27.7 Å². The zero-order valence-electron chi connectivity index (χ0n) is 11.2. The molecule has 0 aromatic heterocycles. The normalized spacial score (nSPS) is 15.3. The highest BCUT2D eigenvalue weighted by Crippen LogP contribution is 2.25. The van der Waals surface area contributed by atoms with Crippen molar-refractivity contribution in [2.75, 3.05) is 13.2 Å². The number of ether oxygens (including phenoxy) is 2. The summed E-state index contributed by atoms with van der Waals surface area (Å²) in [6, 6.07) is 0. The maximum Gasteiger partial charge on any atom is 0.336 e. The van der Waals surface area contributed by atoms with Gasteiger partial charge in [0, 0.05) is 17.8 Å². The highest BCUT2D eigenvalue weighted by Gasteiger charge is 2.27. The average Bonchev–Trinajstić information content (AvgIpc) is 2.29. The summed E-state index contributed by atoms with van der Waals surface area (Å²) < 4.78 is 9.89. The molecule has 0 N–H and O–H groups in total. The van der Waals surface area contributed by atoms with Crippen molar-refractivity contribution in [3.63, 3.8) is 0 Å². The van der Waals surface area contributed by atoms with E-state index in [0.717, 1.165) is 0 Å². The molecule has 0 bridgehead atoms. The van der Waals surface area contributed by atoms with Crippen molar-refractivity contribution in [1.29, 1.82) is 0 Å². The monoisotopic (exact) mass is 252 g/mol. The Hall–Kier alpha value is -1.78. The molecule has 1 aliphatic heterocycles. The zero-order chi connectivity index (χ0) is 13.7. The van der Waals surface area contributed by atoms with E-state index in [4.69, 9.17) is 9.47 Å². The third-order valence-electron chi connectivity index (χ3n) is 2.61. The minimum Gasteiger partial charge on any atom is -0.463 e. The Morgan fingerprint density at radius 2 is 1.39 bits per heavy atom. The van der Waals surface area contributed by atoms with E-state index in [1.807, 2.05) is 0 Å². The standard InChI is InChI=1S/C13H18NO4/c1-5-17-12(15)10-7-11(13(16)18-6-2)9(4)14-8(10)3/h5-7H2,1-4H3. The Balaban J connectivity index is 2.89.